The molecule has 1 fully saturated rings. The zero-order chi connectivity index (χ0) is 13.1. The number of amides is 1. The van der Waals surface area contributed by atoms with Crippen LogP contribution in [0.1, 0.15) is 13.8 Å². The minimum atomic E-state index is 0.0571. The van der Waals surface area contributed by atoms with Gasteiger partial charge in [-0.15, -0.1) is 0 Å². The number of phenols is 1. The lowest BCUT2D eigenvalue weighted by molar-refractivity contribution is -0.134. The second-order valence-corrected chi connectivity index (χ2v) is 4.96. The molecule has 1 heterocycles. The van der Waals surface area contributed by atoms with Gasteiger partial charge in [0.2, 0.25) is 5.91 Å². The summed E-state index contributed by atoms with van der Waals surface area (Å²) in [5.41, 5.74) is 0.856. The van der Waals surface area contributed by atoms with E-state index in [1.165, 1.54) is 0 Å². The largest absolute Gasteiger partial charge is 0.506 e. The van der Waals surface area contributed by atoms with Crippen molar-refractivity contribution in [2.75, 3.05) is 31.1 Å². The summed E-state index contributed by atoms with van der Waals surface area (Å²) in [5.74, 6) is 0.578. The summed E-state index contributed by atoms with van der Waals surface area (Å²) in [5, 5.41) is 9.80. The third-order valence-electron chi connectivity index (χ3n) is 3.31. The molecule has 0 atom stereocenters. The number of aromatic hydroxyl groups is 1. The lowest BCUT2D eigenvalue weighted by atomic mass is 10.1. The standard InChI is InChI=1S/C14H20N2O2/c1-11(2)14(18)16-9-7-15(8-10-16)12-5-3-4-6-13(12)17/h3-6,11,17H,7-10H2,1-2H3. The van der Waals surface area contributed by atoms with Crippen LogP contribution in [0.15, 0.2) is 24.3 Å². The molecule has 1 N–H and O–H groups in total. The van der Waals surface area contributed by atoms with E-state index in [4.69, 9.17) is 0 Å². The lowest BCUT2D eigenvalue weighted by Crippen LogP contribution is -2.49. The molecule has 2 rings (SSSR count). The van der Waals surface area contributed by atoms with E-state index in [1.54, 1.807) is 6.07 Å². The van der Waals surface area contributed by atoms with E-state index in [9.17, 15) is 9.90 Å². The van der Waals surface area contributed by atoms with Crippen LogP contribution in [0.25, 0.3) is 0 Å². The molecule has 0 aliphatic carbocycles. The number of hydrogen-bond acceptors (Lipinski definition) is 3. The number of piperazine rings is 1. The third kappa shape index (κ3) is 2.58. The van der Waals surface area contributed by atoms with Gasteiger partial charge >= 0.3 is 0 Å². The molecule has 1 aliphatic heterocycles. The van der Waals surface area contributed by atoms with Gasteiger partial charge in [-0.25, -0.2) is 0 Å². The fraction of sp³-hybridized carbons (Fsp3) is 0.500. The molecule has 0 unspecified atom stereocenters. The summed E-state index contributed by atoms with van der Waals surface area (Å²) in [7, 11) is 0. The van der Waals surface area contributed by atoms with Crippen molar-refractivity contribution < 1.29 is 9.90 Å². The Kier molecular flexibility index (Phi) is 3.75. The van der Waals surface area contributed by atoms with Crippen LogP contribution in [0.4, 0.5) is 5.69 Å². The quantitative estimate of drug-likeness (QED) is 0.866. The Morgan fingerprint density at radius 2 is 1.78 bits per heavy atom. The Morgan fingerprint density at radius 3 is 2.33 bits per heavy atom. The van der Waals surface area contributed by atoms with E-state index >= 15 is 0 Å². The summed E-state index contributed by atoms with van der Waals surface area (Å²) < 4.78 is 0. The minimum Gasteiger partial charge on any atom is -0.506 e. The smallest absolute Gasteiger partial charge is 0.225 e. The lowest BCUT2D eigenvalue weighted by Gasteiger charge is -2.37. The monoisotopic (exact) mass is 248 g/mol. The molecule has 4 nitrogen and oxygen atoms in total. The molecular weight excluding hydrogens is 228 g/mol. The van der Waals surface area contributed by atoms with Gasteiger partial charge in [-0.1, -0.05) is 26.0 Å². The van der Waals surface area contributed by atoms with E-state index in [0.29, 0.717) is 5.75 Å². The van der Waals surface area contributed by atoms with Crippen molar-refractivity contribution >= 4 is 11.6 Å². The zero-order valence-corrected chi connectivity index (χ0v) is 11.0. The zero-order valence-electron chi connectivity index (χ0n) is 11.0. The van der Waals surface area contributed by atoms with Gasteiger partial charge in [0.05, 0.1) is 5.69 Å². The first-order chi connectivity index (χ1) is 8.59. The summed E-state index contributed by atoms with van der Waals surface area (Å²) in [6, 6.07) is 7.34. The van der Waals surface area contributed by atoms with Crippen molar-refractivity contribution in [3.05, 3.63) is 24.3 Å². The molecule has 1 aliphatic rings. The van der Waals surface area contributed by atoms with E-state index in [0.717, 1.165) is 31.9 Å². The van der Waals surface area contributed by atoms with Gasteiger partial charge in [0.1, 0.15) is 5.75 Å². The maximum atomic E-state index is 11.9. The fourth-order valence-electron chi connectivity index (χ4n) is 2.26. The topological polar surface area (TPSA) is 43.8 Å². The number of carbonyl (C=O) groups excluding carboxylic acids is 1. The average molecular weight is 248 g/mol. The Balaban J connectivity index is 1.99. The Bertz CT molecular complexity index is 424. The predicted octanol–water partition coefficient (Wildman–Crippen LogP) is 1.70. The third-order valence-corrected chi connectivity index (χ3v) is 3.31. The molecule has 1 amide bonds. The summed E-state index contributed by atoms with van der Waals surface area (Å²) in [6.07, 6.45) is 0. The maximum absolute atomic E-state index is 11.9. The van der Waals surface area contributed by atoms with Crippen LogP contribution in [0.2, 0.25) is 0 Å². The molecule has 1 saturated heterocycles. The molecule has 1 aromatic carbocycles. The van der Waals surface area contributed by atoms with Gasteiger partial charge in [-0.3, -0.25) is 4.79 Å². The van der Waals surface area contributed by atoms with Gasteiger partial charge in [-0.05, 0) is 12.1 Å². The van der Waals surface area contributed by atoms with Gasteiger partial charge in [0.15, 0.2) is 0 Å². The molecule has 98 valence electrons. The summed E-state index contributed by atoms with van der Waals surface area (Å²) in [4.78, 5) is 15.9. The van der Waals surface area contributed by atoms with E-state index < -0.39 is 0 Å². The number of nitrogens with zero attached hydrogens (tertiary/aromatic N) is 2. The predicted molar refractivity (Wildman–Crippen MR) is 71.7 cm³/mol. The second-order valence-electron chi connectivity index (χ2n) is 4.96. The van der Waals surface area contributed by atoms with Gasteiger partial charge in [0.25, 0.3) is 0 Å². The molecule has 0 bridgehead atoms. The molecular formula is C14H20N2O2. The molecule has 1 aromatic rings. The maximum Gasteiger partial charge on any atom is 0.225 e. The molecule has 0 saturated carbocycles. The molecule has 0 spiro atoms. The highest BCUT2D eigenvalue weighted by Gasteiger charge is 2.23. The minimum absolute atomic E-state index is 0.0571. The molecule has 0 radical (unpaired) electrons. The van der Waals surface area contributed by atoms with Crippen LogP contribution in [0.3, 0.4) is 0 Å². The number of benzene rings is 1. The van der Waals surface area contributed by atoms with Crippen molar-refractivity contribution in [2.45, 2.75) is 13.8 Å². The van der Waals surface area contributed by atoms with Crippen molar-refractivity contribution in [1.82, 2.24) is 4.90 Å². The van der Waals surface area contributed by atoms with Crippen molar-refractivity contribution in [3.8, 4) is 5.75 Å². The van der Waals surface area contributed by atoms with Crippen molar-refractivity contribution in [1.29, 1.82) is 0 Å². The van der Waals surface area contributed by atoms with Crippen LogP contribution in [-0.4, -0.2) is 42.1 Å². The van der Waals surface area contributed by atoms with Crippen LogP contribution >= 0.6 is 0 Å². The SMILES string of the molecule is CC(C)C(=O)N1CCN(c2ccccc2O)CC1. The molecule has 4 heteroatoms. The van der Waals surface area contributed by atoms with Gasteiger partial charge in [-0.2, -0.15) is 0 Å². The first-order valence-electron chi connectivity index (χ1n) is 6.41. The normalized spacial score (nSPS) is 16.2. The number of anilines is 1. The van der Waals surface area contributed by atoms with Crippen molar-refractivity contribution in [2.24, 2.45) is 5.92 Å². The van der Waals surface area contributed by atoms with E-state index in [1.807, 2.05) is 36.9 Å². The van der Waals surface area contributed by atoms with E-state index in [-0.39, 0.29) is 11.8 Å². The Hall–Kier alpha value is -1.71. The fourth-order valence-corrected chi connectivity index (χ4v) is 2.26. The van der Waals surface area contributed by atoms with Crippen LogP contribution < -0.4 is 4.90 Å². The Morgan fingerprint density at radius 1 is 1.17 bits per heavy atom. The summed E-state index contributed by atoms with van der Waals surface area (Å²) in [6.45, 7) is 6.86. The van der Waals surface area contributed by atoms with Gasteiger partial charge < -0.3 is 14.9 Å². The highest BCUT2D eigenvalue weighted by molar-refractivity contribution is 5.78. The second kappa shape index (κ2) is 5.29. The number of phenolic OH excluding ortho intramolecular Hbond substituents is 1. The van der Waals surface area contributed by atoms with E-state index in [2.05, 4.69) is 4.90 Å². The highest BCUT2D eigenvalue weighted by Crippen LogP contribution is 2.27. The number of hydrogen-bond donors (Lipinski definition) is 1. The van der Waals surface area contributed by atoms with Gasteiger partial charge in [0, 0.05) is 32.1 Å². The number of rotatable bonds is 2. The average Bonchev–Trinajstić information content (AvgIpc) is 2.38. The van der Waals surface area contributed by atoms with Crippen LogP contribution in [0.5, 0.6) is 5.75 Å². The van der Waals surface area contributed by atoms with Crippen LogP contribution in [-0.2, 0) is 4.79 Å². The van der Waals surface area contributed by atoms with Crippen molar-refractivity contribution in [3.63, 3.8) is 0 Å². The first-order valence-corrected chi connectivity index (χ1v) is 6.41. The Labute approximate surface area is 108 Å². The number of para-hydroxylation sites is 2. The molecule has 18 heavy (non-hydrogen) atoms. The first kappa shape index (κ1) is 12.7. The highest BCUT2D eigenvalue weighted by atomic mass is 16.3. The number of carbonyl (C=O) groups is 1. The molecule has 0 aromatic heterocycles. The summed E-state index contributed by atoms with van der Waals surface area (Å²) >= 11 is 0. The van der Waals surface area contributed by atoms with Crippen LogP contribution in [0, 0.1) is 5.92 Å².